The van der Waals surface area contributed by atoms with Crippen LogP contribution >= 0.6 is 0 Å². The van der Waals surface area contributed by atoms with Crippen LogP contribution in [0.2, 0.25) is 0 Å². The van der Waals surface area contributed by atoms with Gasteiger partial charge in [0.15, 0.2) is 0 Å². The Morgan fingerprint density at radius 2 is 1.87 bits per heavy atom. The summed E-state index contributed by atoms with van der Waals surface area (Å²) in [5.74, 6) is 0.160. The maximum Gasteiger partial charge on any atom is 0.325 e. The number of urea groups is 1. The van der Waals surface area contributed by atoms with E-state index < -0.39 is 11.6 Å². The molecule has 2 heterocycles. The standard InChI is InChI=1S/C23H25N3O4/c1-23(13-11-16-7-9-18(30-2)10-8-16)21(28)26(22(29)24-23)15-20(27)25-14-12-17-5-3-4-6-19(17)25/h3-10H,11-15H2,1-2H3,(H,24,29)/t23-/m1/s1. The van der Waals surface area contributed by atoms with Crippen LogP contribution in [0.4, 0.5) is 10.5 Å². The van der Waals surface area contributed by atoms with Crippen molar-refractivity contribution in [2.75, 3.05) is 25.1 Å². The molecule has 2 aromatic carbocycles. The number of aryl methyl sites for hydroxylation is 1. The van der Waals surface area contributed by atoms with Crippen LogP contribution in [0, 0.1) is 0 Å². The quantitative estimate of drug-likeness (QED) is 0.747. The number of para-hydroxylation sites is 1. The van der Waals surface area contributed by atoms with Gasteiger partial charge in [0.2, 0.25) is 5.91 Å². The van der Waals surface area contributed by atoms with Crippen LogP contribution in [0.1, 0.15) is 24.5 Å². The van der Waals surface area contributed by atoms with E-state index in [0.29, 0.717) is 19.4 Å². The Kier molecular flexibility index (Phi) is 5.20. The third kappa shape index (κ3) is 3.63. The number of hydrogen-bond donors (Lipinski definition) is 1. The summed E-state index contributed by atoms with van der Waals surface area (Å²) in [6, 6.07) is 14.8. The molecule has 4 amide bonds. The molecule has 1 N–H and O–H groups in total. The van der Waals surface area contributed by atoms with E-state index in [1.54, 1.807) is 18.9 Å². The minimum atomic E-state index is -1.03. The smallest absolute Gasteiger partial charge is 0.325 e. The molecule has 0 unspecified atom stereocenters. The van der Waals surface area contributed by atoms with Crippen molar-refractivity contribution in [3.05, 3.63) is 59.7 Å². The SMILES string of the molecule is COc1ccc(CC[C@@]2(C)NC(=O)N(CC(=O)N3CCc4ccccc43)C2=O)cc1. The zero-order valence-corrected chi connectivity index (χ0v) is 17.2. The number of carbonyl (C=O) groups is 3. The number of amides is 4. The van der Waals surface area contributed by atoms with Crippen LogP contribution in [-0.2, 0) is 22.4 Å². The Balaban J connectivity index is 1.41. The van der Waals surface area contributed by atoms with Gasteiger partial charge < -0.3 is 15.0 Å². The molecule has 4 rings (SSSR count). The maximum absolute atomic E-state index is 13.0. The average Bonchev–Trinajstić information content (AvgIpc) is 3.28. The van der Waals surface area contributed by atoms with E-state index in [1.807, 2.05) is 48.5 Å². The van der Waals surface area contributed by atoms with Crippen molar-refractivity contribution in [1.82, 2.24) is 10.2 Å². The molecule has 156 valence electrons. The normalized spacial score (nSPS) is 20.3. The topological polar surface area (TPSA) is 79.0 Å². The number of fused-ring (bicyclic) bond motifs is 1. The number of benzene rings is 2. The van der Waals surface area contributed by atoms with E-state index in [1.165, 1.54) is 0 Å². The lowest BCUT2D eigenvalue weighted by Gasteiger charge is -2.23. The van der Waals surface area contributed by atoms with Crippen molar-refractivity contribution in [1.29, 1.82) is 0 Å². The van der Waals surface area contributed by atoms with Gasteiger partial charge in [-0.3, -0.25) is 14.5 Å². The second kappa shape index (κ2) is 7.82. The molecule has 7 heteroatoms. The highest BCUT2D eigenvalue weighted by molar-refractivity contribution is 6.10. The summed E-state index contributed by atoms with van der Waals surface area (Å²) in [7, 11) is 1.61. The number of methoxy groups -OCH3 is 1. The number of anilines is 1. The molecule has 0 spiro atoms. The van der Waals surface area contributed by atoms with Gasteiger partial charge in [-0.15, -0.1) is 0 Å². The van der Waals surface area contributed by atoms with Gasteiger partial charge in [0.05, 0.1) is 7.11 Å². The minimum absolute atomic E-state index is 0.247. The predicted molar refractivity (Wildman–Crippen MR) is 112 cm³/mol. The number of ether oxygens (including phenoxy) is 1. The molecule has 1 fully saturated rings. The predicted octanol–water partition coefficient (Wildman–Crippen LogP) is 2.53. The minimum Gasteiger partial charge on any atom is -0.497 e. The number of imide groups is 1. The van der Waals surface area contributed by atoms with Crippen molar-refractivity contribution in [2.24, 2.45) is 0 Å². The van der Waals surface area contributed by atoms with E-state index in [-0.39, 0.29) is 18.4 Å². The molecule has 0 aromatic heterocycles. The van der Waals surface area contributed by atoms with Gasteiger partial charge in [0, 0.05) is 12.2 Å². The van der Waals surface area contributed by atoms with Crippen LogP contribution in [0.3, 0.4) is 0 Å². The number of rotatable bonds is 6. The lowest BCUT2D eigenvalue weighted by Crippen LogP contribution is -2.46. The van der Waals surface area contributed by atoms with Crippen molar-refractivity contribution >= 4 is 23.5 Å². The Hall–Kier alpha value is -3.35. The molecule has 0 bridgehead atoms. The highest BCUT2D eigenvalue weighted by atomic mass is 16.5. The van der Waals surface area contributed by atoms with Gasteiger partial charge in [0.25, 0.3) is 5.91 Å². The molecule has 0 radical (unpaired) electrons. The largest absolute Gasteiger partial charge is 0.497 e. The van der Waals surface area contributed by atoms with Crippen molar-refractivity contribution in [2.45, 2.75) is 31.7 Å². The van der Waals surface area contributed by atoms with Crippen LogP contribution in [0.25, 0.3) is 0 Å². The summed E-state index contributed by atoms with van der Waals surface area (Å²) in [4.78, 5) is 41.0. The molecule has 30 heavy (non-hydrogen) atoms. The molecule has 1 saturated heterocycles. The zero-order chi connectivity index (χ0) is 21.3. The average molecular weight is 407 g/mol. The summed E-state index contributed by atoms with van der Waals surface area (Å²) in [6.45, 7) is 2.03. The number of nitrogens with one attached hydrogen (secondary N) is 1. The monoisotopic (exact) mass is 407 g/mol. The van der Waals surface area contributed by atoms with Gasteiger partial charge >= 0.3 is 6.03 Å². The summed E-state index contributed by atoms with van der Waals surface area (Å²) in [5.41, 5.74) is 1.98. The fraction of sp³-hybridized carbons (Fsp3) is 0.348. The number of hydrogen-bond acceptors (Lipinski definition) is 4. The first-order valence-electron chi connectivity index (χ1n) is 10.1. The van der Waals surface area contributed by atoms with E-state index >= 15 is 0 Å². The second-order valence-corrected chi connectivity index (χ2v) is 7.93. The fourth-order valence-electron chi connectivity index (χ4n) is 4.06. The highest BCUT2D eigenvalue weighted by Crippen LogP contribution is 2.29. The number of nitrogens with zero attached hydrogens (tertiary/aromatic N) is 2. The third-order valence-electron chi connectivity index (χ3n) is 5.90. The Bertz CT molecular complexity index is 988. The molecular formula is C23H25N3O4. The lowest BCUT2D eigenvalue weighted by molar-refractivity contribution is -0.134. The van der Waals surface area contributed by atoms with Gasteiger partial charge in [0.1, 0.15) is 17.8 Å². The molecular weight excluding hydrogens is 382 g/mol. The highest BCUT2D eigenvalue weighted by Gasteiger charge is 2.48. The molecule has 0 aliphatic carbocycles. The Morgan fingerprint density at radius 1 is 1.13 bits per heavy atom. The van der Waals surface area contributed by atoms with Crippen molar-refractivity contribution in [3.63, 3.8) is 0 Å². The van der Waals surface area contributed by atoms with E-state index in [0.717, 1.165) is 33.9 Å². The van der Waals surface area contributed by atoms with Crippen molar-refractivity contribution < 1.29 is 19.1 Å². The van der Waals surface area contributed by atoms with Gasteiger partial charge in [-0.2, -0.15) is 0 Å². The van der Waals surface area contributed by atoms with Crippen LogP contribution in [0.15, 0.2) is 48.5 Å². The Morgan fingerprint density at radius 3 is 2.60 bits per heavy atom. The first kappa shape index (κ1) is 19.9. The van der Waals surface area contributed by atoms with Gasteiger partial charge in [-0.1, -0.05) is 30.3 Å². The summed E-state index contributed by atoms with van der Waals surface area (Å²) in [6.07, 6.45) is 1.84. The lowest BCUT2D eigenvalue weighted by atomic mass is 9.93. The molecule has 0 saturated carbocycles. The summed E-state index contributed by atoms with van der Waals surface area (Å²) < 4.78 is 5.16. The molecule has 7 nitrogen and oxygen atoms in total. The molecule has 2 aromatic rings. The van der Waals surface area contributed by atoms with Gasteiger partial charge in [-0.25, -0.2) is 4.79 Å². The third-order valence-corrected chi connectivity index (χ3v) is 5.90. The summed E-state index contributed by atoms with van der Waals surface area (Å²) >= 11 is 0. The van der Waals surface area contributed by atoms with E-state index in [2.05, 4.69) is 5.32 Å². The van der Waals surface area contributed by atoms with E-state index in [4.69, 9.17) is 4.74 Å². The summed E-state index contributed by atoms with van der Waals surface area (Å²) in [5, 5.41) is 2.78. The van der Waals surface area contributed by atoms with Gasteiger partial charge in [-0.05, 0) is 55.5 Å². The molecule has 2 aliphatic heterocycles. The zero-order valence-electron chi connectivity index (χ0n) is 17.2. The van der Waals surface area contributed by atoms with Crippen LogP contribution in [-0.4, -0.2) is 48.5 Å². The number of carbonyl (C=O) groups excluding carboxylic acids is 3. The Labute approximate surface area is 175 Å². The maximum atomic E-state index is 13.0. The molecule has 1 atom stereocenters. The fourth-order valence-corrected chi connectivity index (χ4v) is 4.06. The van der Waals surface area contributed by atoms with Crippen molar-refractivity contribution in [3.8, 4) is 5.75 Å². The second-order valence-electron chi connectivity index (χ2n) is 7.93. The first-order chi connectivity index (χ1) is 14.4. The van der Waals surface area contributed by atoms with Crippen LogP contribution in [0.5, 0.6) is 5.75 Å². The van der Waals surface area contributed by atoms with Crippen LogP contribution < -0.4 is 15.0 Å². The first-order valence-corrected chi connectivity index (χ1v) is 10.1. The van der Waals surface area contributed by atoms with E-state index in [9.17, 15) is 14.4 Å². The molecule has 2 aliphatic rings.